The number of fused-ring (bicyclic) bond motifs is 1. The summed E-state index contributed by atoms with van der Waals surface area (Å²) in [5.41, 5.74) is 1.85. The molecule has 3 aromatic rings. The topological polar surface area (TPSA) is 72.6 Å². The number of benzene rings is 2. The molecule has 0 aliphatic carbocycles. The predicted octanol–water partition coefficient (Wildman–Crippen LogP) is 3.19. The lowest BCUT2D eigenvalue weighted by molar-refractivity contribution is -0.143. The lowest BCUT2D eigenvalue weighted by atomic mass is 10.1. The average Bonchev–Trinajstić information content (AvgIpc) is 3.04. The molecule has 0 aliphatic rings. The van der Waals surface area contributed by atoms with Gasteiger partial charge in [0.05, 0.1) is 13.0 Å². The lowest BCUT2D eigenvalue weighted by Gasteiger charge is -2.15. The van der Waals surface area contributed by atoms with E-state index in [4.69, 9.17) is 9.15 Å². The molecule has 1 amide bonds. The molecular weight excluding hydrogens is 351 g/mol. The molecule has 0 fully saturated rings. The Kier molecular flexibility index (Phi) is 5.49. The van der Waals surface area contributed by atoms with E-state index in [1.807, 2.05) is 0 Å². The summed E-state index contributed by atoms with van der Waals surface area (Å²) in [6.45, 7) is 1.83. The van der Waals surface area contributed by atoms with Crippen molar-refractivity contribution in [2.24, 2.45) is 0 Å². The summed E-state index contributed by atoms with van der Waals surface area (Å²) >= 11 is 0. The normalized spacial score (nSPS) is 10.8. The molecule has 0 N–H and O–H groups in total. The highest BCUT2D eigenvalue weighted by molar-refractivity contribution is 5.98. The van der Waals surface area contributed by atoms with Crippen LogP contribution in [-0.4, -0.2) is 42.0 Å². The Labute approximate surface area is 155 Å². The van der Waals surface area contributed by atoms with Crippen LogP contribution in [0.25, 0.3) is 11.1 Å². The molecule has 1 heterocycles. The first-order valence-electron chi connectivity index (χ1n) is 8.52. The molecule has 3 rings (SSSR count). The van der Waals surface area contributed by atoms with Crippen molar-refractivity contribution in [3.05, 3.63) is 65.3 Å². The first-order chi connectivity index (χ1) is 13.0. The standard InChI is InChI=1S/C20H19FN2O4/c1-3-26-19(24)12-23(2)20(25)14-8-9-16-17(10-14)27-18(22-16)11-13-6-4-5-7-15(13)21/h4-10H,3,11-12H2,1-2H3. The first-order valence-corrected chi connectivity index (χ1v) is 8.52. The molecule has 0 unspecified atom stereocenters. The predicted molar refractivity (Wildman–Crippen MR) is 96.8 cm³/mol. The number of esters is 1. The Bertz CT molecular complexity index is 983. The van der Waals surface area contributed by atoms with Crippen molar-refractivity contribution in [3.63, 3.8) is 0 Å². The second-order valence-electron chi connectivity index (χ2n) is 6.02. The molecule has 2 aromatic carbocycles. The lowest BCUT2D eigenvalue weighted by Crippen LogP contribution is -2.33. The van der Waals surface area contributed by atoms with Crippen molar-refractivity contribution in [1.29, 1.82) is 0 Å². The van der Waals surface area contributed by atoms with Crippen LogP contribution >= 0.6 is 0 Å². The monoisotopic (exact) mass is 370 g/mol. The molecule has 0 saturated heterocycles. The molecule has 0 spiro atoms. The molecule has 0 saturated carbocycles. The summed E-state index contributed by atoms with van der Waals surface area (Å²) in [6.07, 6.45) is 0.216. The van der Waals surface area contributed by atoms with E-state index in [1.54, 1.807) is 43.3 Å². The number of carbonyl (C=O) groups excluding carboxylic acids is 2. The fraction of sp³-hybridized carbons (Fsp3) is 0.250. The maximum atomic E-state index is 13.8. The van der Waals surface area contributed by atoms with Crippen LogP contribution in [0.2, 0.25) is 0 Å². The number of amides is 1. The van der Waals surface area contributed by atoms with Crippen LogP contribution in [0.15, 0.2) is 46.9 Å². The third-order valence-corrected chi connectivity index (χ3v) is 4.00. The van der Waals surface area contributed by atoms with Crippen LogP contribution in [0.4, 0.5) is 4.39 Å². The molecule has 0 atom stereocenters. The number of hydrogen-bond donors (Lipinski definition) is 0. The summed E-state index contributed by atoms with van der Waals surface area (Å²) in [7, 11) is 1.52. The number of likely N-dealkylation sites (N-methyl/N-ethyl adjacent to an activating group) is 1. The maximum Gasteiger partial charge on any atom is 0.325 e. The highest BCUT2D eigenvalue weighted by atomic mass is 19.1. The highest BCUT2D eigenvalue weighted by Crippen LogP contribution is 2.21. The Morgan fingerprint density at radius 2 is 2.00 bits per heavy atom. The van der Waals surface area contributed by atoms with Crippen LogP contribution in [0.5, 0.6) is 0 Å². The molecule has 0 aliphatic heterocycles. The number of oxazole rings is 1. The van der Waals surface area contributed by atoms with Crippen LogP contribution in [0.1, 0.15) is 28.7 Å². The molecular formula is C20H19FN2O4. The summed E-state index contributed by atoms with van der Waals surface area (Å²) < 4.78 is 24.3. The van der Waals surface area contributed by atoms with Gasteiger partial charge in [0.25, 0.3) is 5.91 Å². The minimum atomic E-state index is -0.471. The van der Waals surface area contributed by atoms with Gasteiger partial charge in [-0.25, -0.2) is 9.37 Å². The van der Waals surface area contributed by atoms with E-state index in [9.17, 15) is 14.0 Å². The Morgan fingerprint density at radius 3 is 2.74 bits per heavy atom. The van der Waals surface area contributed by atoms with E-state index in [0.29, 0.717) is 28.1 Å². The zero-order chi connectivity index (χ0) is 19.4. The van der Waals surface area contributed by atoms with Crippen molar-refractivity contribution in [3.8, 4) is 0 Å². The quantitative estimate of drug-likeness (QED) is 0.623. The zero-order valence-corrected chi connectivity index (χ0v) is 15.1. The van der Waals surface area contributed by atoms with Gasteiger partial charge in [0.15, 0.2) is 11.5 Å². The van der Waals surface area contributed by atoms with Gasteiger partial charge in [-0.3, -0.25) is 9.59 Å². The Balaban J connectivity index is 1.78. The van der Waals surface area contributed by atoms with E-state index in [1.165, 1.54) is 18.0 Å². The van der Waals surface area contributed by atoms with Gasteiger partial charge in [0, 0.05) is 12.6 Å². The van der Waals surface area contributed by atoms with Gasteiger partial charge in [-0.05, 0) is 36.8 Å². The SMILES string of the molecule is CCOC(=O)CN(C)C(=O)c1ccc2nc(Cc3ccccc3F)oc2c1. The van der Waals surface area contributed by atoms with Gasteiger partial charge in [0.1, 0.15) is 17.9 Å². The largest absolute Gasteiger partial charge is 0.465 e. The Morgan fingerprint density at radius 1 is 1.22 bits per heavy atom. The second-order valence-corrected chi connectivity index (χ2v) is 6.02. The molecule has 6 nitrogen and oxygen atoms in total. The third-order valence-electron chi connectivity index (χ3n) is 4.00. The summed E-state index contributed by atoms with van der Waals surface area (Å²) in [5.74, 6) is -0.769. The molecule has 0 radical (unpaired) electrons. The van der Waals surface area contributed by atoms with Crippen molar-refractivity contribution in [2.75, 3.05) is 20.2 Å². The number of aromatic nitrogens is 1. The van der Waals surface area contributed by atoms with E-state index < -0.39 is 5.97 Å². The molecule has 1 aromatic heterocycles. The smallest absolute Gasteiger partial charge is 0.325 e. The fourth-order valence-corrected chi connectivity index (χ4v) is 2.68. The number of carbonyl (C=O) groups is 2. The van der Waals surface area contributed by atoms with E-state index >= 15 is 0 Å². The van der Waals surface area contributed by atoms with Crippen molar-refractivity contribution < 1.29 is 23.1 Å². The van der Waals surface area contributed by atoms with Gasteiger partial charge >= 0.3 is 5.97 Å². The van der Waals surface area contributed by atoms with Crippen LogP contribution in [0.3, 0.4) is 0 Å². The van der Waals surface area contributed by atoms with E-state index in [0.717, 1.165) is 0 Å². The van der Waals surface area contributed by atoms with Gasteiger partial charge in [-0.1, -0.05) is 18.2 Å². The maximum absolute atomic E-state index is 13.8. The first kappa shape index (κ1) is 18.6. The van der Waals surface area contributed by atoms with Gasteiger partial charge in [0.2, 0.25) is 0 Å². The number of nitrogens with zero attached hydrogens (tertiary/aromatic N) is 2. The number of hydrogen-bond acceptors (Lipinski definition) is 5. The summed E-state index contributed by atoms with van der Waals surface area (Å²) in [5, 5.41) is 0. The fourth-order valence-electron chi connectivity index (χ4n) is 2.68. The minimum Gasteiger partial charge on any atom is -0.465 e. The van der Waals surface area contributed by atoms with E-state index in [-0.39, 0.29) is 31.3 Å². The second kappa shape index (κ2) is 7.99. The van der Waals surface area contributed by atoms with Crippen LogP contribution in [0, 0.1) is 5.82 Å². The van der Waals surface area contributed by atoms with Crippen LogP contribution in [-0.2, 0) is 16.0 Å². The molecule has 0 bridgehead atoms. The van der Waals surface area contributed by atoms with Gasteiger partial charge in [-0.15, -0.1) is 0 Å². The molecule has 140 valence electrons. The van der Waals surface area contributed by atoms with E-state index in [2.05, 4.69) is 4.98 Å². The highest BCUT2D eigenvalue weighted by Gasteiger charge is 2.17. The number of halogens is 1. The Hall–Kier alpha value is -3.22. The number of rotatable bonds is 6. The summed E-state index contributed by atoms with van der Waals surface area (Å²) in [6, 6.07) is 11.3. The van der Waals surface area contributed by atoms with Crippen LogP contribution < -0.4 is 0 Å². The van der Waals surface area contributed by atoms with Crippen molar-refractivity contribution in [1.82, 2.24) is 9.88 Å². The van der Waals surface area contributed by atoms with Gasteiger partial charge in [-0.2, -0.15) is 0 Å². The summed E-state index contributed by atoms with van der Waals surface area (Å²) in [4.78, 5) is 29.6. The van der Waals surface area contributed by atoms with Gasteiger partial charge < -0.3 is 14.1 Å². The number of ether oxygens (including phenoxy) is 1. The average molecular weight is 370 g/mol. The zero-order valence-electron chi connectivity index (χ0n) is 15.1. The van der Waals surface area contributed by atoms with Crippen molar-refractivity contribution in [2.45, 2.75) is 13.3 Å². The third kappa shape index (κ3) is 4.31. The van der Waals surface area contributed by atoms with Crippen molar-refractivity contribution >= 4 is 23.0 Å². The molecule has 7 heteroatoms. The minimum absolute atomic E-state index is 0.139. The molecule has 27 heavy (non-hydrogen) atoms.